The van der Waals surface area contributed by atoms with Gasteiger partial charge in [0.05, 0.1) is 4.92 Å². The van der Waals surface area contributed by atoms with Gasteiger partial charge in [0.15, 0.2) is 0 Å². The van der Waals surface area contributed by atoms with Crippen LogP contribution in [0.1, 0.15) is 12.8 Å². The fourth-order valence-corrected chi connectivity index (χ4v) is 2.10. The molecule has 0 saturated carbocycles. The van der Waals surface area contributed by atoms with E-state index < -0.39 is 4.92 Å². The topological polar surface area (TPSA) is 80.5 Å². The number of nitro groups is 1. The summed E-state index contributed by atoms with van der Waals surface area (Å²) >= 11 is 0. The predicted octanol–water partition coefficient (Wildman–Crippen LogP) is 1.51. The molecule has 0 amide bonds. The summed E-state index contributed by atoms with van der Waals surface area (Å²) in [5.74, 6) is 0.637. The molecule has 7 heteroatoms. The van der Waals surface area contributed by atoms with Gasteiger partial charge in [0.25, 0.3) is 5.88 Å². The van der Waals surface area contributed by atoms with Crippen molar-refractivity contribution in [2.24, 2.45) is 0 Å². The van der Waals surface area contributed by atoms with Crippen molar-refractivity contribution in [2.75, 3.05) is 38.6 Å². The zero-order valence-corrected chi connectivity index (χ0v) is 11.0. The summed E-state index contributed by atoms with van der Waals surface area (Å²) < 4.78 is 5.47. The third kappa shape index (κ3) is 3.54. The van der Waals surface area contributed by atoms with Crippen molar-refractivity contribution in [3.05, 3.63) is 22.2 Å². The molecule has 2 heterocycles. The second-order valence-electron chi connectivity index (χ2n) is 4.43. The maximum atomic E-state index is 10.9. The predicted molar refractivity (Wildman–Crippen MR) is 71.6 cm³/mol. The van der Waals surface area contributed by atoms with Crippen molar-refractivity contribution in [1.29, 1.82) is 0 Å². The number of likely N-dealkylation sites (tertiary alicyclic amines) is 1. The number of ether oxygens (including phenoxy) is 1. The van der Waals surface area contributed by atoms with E-state index in [1.807, 2.05) is 0 Å². The Morgan fingerprint density at radius 2 is 2.21 bits per heavy atom. The second-order valence-corrected chi connectivity index (χ2v) is 4.43. The van der Waals surface area contributed by atoms with E-state index in [0.29, 0.717) is 12.4 Å². The van der Waals surface area contributed by atoms with Gasteiger partial charge in [-0.2, -0.15) is 4.98 Å². The molecule has 7 nitrogen and oxygen atoms in total. The third-order valence-electron chi connectivity index (χ3n) is 3.14. The third-order valence-corrected chi connectivity index (χ3v) is 3.14. The molecule has 19 heavy (non-hydrogen) atoms. The Labute approximate surface area is 111 Å². The van der Waals surface area contributed by atoms with Crippen molar-refractivity contribution in [1.82, 2.24) is 9.88 Å². The first-order valence-electron chi connectivity index (χ1n) is 6.39. The van der Waals surface area contributed by atoms with Crippen LogP contribution in [0.2, 0.25) is 0 Å². The number of nitrogens with one attached hydrogen (secondary N) is 1. The fraction of sp³-hybridized carbons (Fsp3) is 0.583. The summed E-state index contributed by atoms with van der Waals surface area (Å²) in [5, 5.41) is 13.7. The van der Waals surface area contributed by atoms with Gasteiger partial charge in [-0.1, -0.05) is 0 Å². The lowest BCUT2D eigenvalue weighted by atomic mass is 10.4. The van der Waals surface area contributed by atoms with E-state index in [4.69, 9.17) is 4.74 Å². The van der Waals surface area contributed by atoms with Gasteiger partial charge in [0.2, 0.25) is 0 Å². The van der Waals surface area contributed by atoms with Gasteiger partial charge in [0.1, 0.15) is 12.4 Å². The quantitative estimate of drug-likeness (QED) is 0.621. The molecule has 0 unspecified atom stereocenters. The summed E-state index contributed by atoms with van der Waals surface area (Å²) in [5.41, 5.74) is -0.0968. The number of anilines is 1. The number of pyridine rings is 1. The first-order chi connectivity index (χ1) is 9.20. The fourth-order valence-electron chi connectivity index (χ4n) is 2.10. The summed E-state index contributed by atoms with van der Waals surface area (Å²) in [6, 6.07) is 2.97. The maximum Gasteiger partial charge on any atom is 0.331 e. The van der Waals surface area contributed by atoms with Crippen LogP contribution in [0.4, 0.5) is 11.5 Å². The Kier molecular flexibility index (Phi) is 4.51. The monoisotopic (exact) mass is 266 g/mol. The molecule has 0 bridgehead atoms. The standard InChI is InChI=1S/C12H18N4O3/c1-13-11-5-4-10(16(17)18)12(14-11)19-9-8-15-6-2-3-7-15/h4-5H,2-3,6-9H2,1H3,(H,13,14). The molecular formula is C12H18N4O3. The van der Waals surface area contributed by atoms with E-state index in [1.165, 1.54) is 18.9 Å². The molecule has 2 rings (SSSR count). The van der Waals surface area contributed by atoms with E-state index in [1.54, 1.807) is 13.1 Å². The minimum absolute atomic E-state index is 0.0797. The van der Waals surface area contributed by atoms with Crippen LogP contribution in [0, 0.1) is 10.1 Å². The van der Waals surface area contributed by atoms with Gasteiger partial charge < -0.3 is 10.1 Å². The van der Waals surface area contributed by atoms with Crippen molar-refractivity contribution >= 4 is 11.5 Å². The molecule has 1 fully saturated rings. The highest BCUT2D eigenvalue weighted by Gasteiger charge is 2.18. The van der Waals surface area contributed by atoms with E-state index in [2.05, 4.69) is 15.2 Å². The first kappa shape index (κ1) is 13.5. The van der Waals surface area contributed by atoms with Crippen LogP contribution in [0.3, 0.4) is 0 Å². The van der Waals surface area contributed by atoms with Crippen LogP contribution in [0.25, 0.3) is 0 Å². The number of hydrogen-bond donors (Lipinski definition) is 1. The Morgan fingerprint density at radius 3 is 2.84 bits per heavy atom. The first-order valence-corrected chi connectivity index (χ1v) is 6.39. The second kappa shape index (κ2) is 6.33. The Hall–Kier alpha value is -1.89. The lowest BCUT2D eigenvalue weighted by molar-refractivity contribution is -0.386. The van der Waals surface area contributed by atoms with Crippen LogP contribution in [0.15, 0.2) is 12.1 Å². The summed E-state index contributed by atoms with van der Waals surface area (Å²) in [7, 11) is 1.71. The van der Waals surface area contributed by atoms with Crippen LogP contribution < -0.4 is 10.1 Å². The SMILES string of the molecule is CNc1ccc([N+](=O)[O-])c(OCCN2CCCC2)n1. The van der Waals surface area contributed by atoms with Crippen molar-refractivity contribution in [3.63, 3.8) is 0 Å². The largest absolute Gasteiger partial charge is 0.471 e. The van der Waals surface area contributed by atoms with Crippen LogP contribution in [-0.4, -0.2) is 48.1 Å². The van der Waals surface area contributed by atoms with E-state index >= 15 is 0 Å². The zero-order chi connectivity index (χ0) is 13.7. The highest BCUT2D eigenvalue weighted by molar-refractivity contribution is 5.48. The molecule has 1 aliphatic rings. The lowest BCUT2D eigenvalue weighted by Crippen LogP contribution is -2.25. The summed E-state index contributed by atoms with van der Waals surface area (Å²) in [6.45, 7) is 3.36. The molecule has 1 aromatic rings. The normalized spacial score (nSPS) is 15.4. The van der Waals surface area contributed by atoms with Crippen LogP contribution in [-0.2, 0) is 0 Å². The van der Waals surface area contributed by atoms with Gasteiger partial charge in [0, 0.05) is 19.7 Å². The molecule has 1 saturated heterocycles. The molecule has 0 aromatic carbocycles. The molecule has 1 N–H and O–H groups in total. The van der Waals surface area contributed by atoms with E-state index in [-0.39, 0.29) is 11.6 Å². The number of aromatic nitrogens is 1. The molecule has 1 aliphatic heterocycles. The molecular weight excluding hydrogens is 248 g/mol. The molecule has 104 valence electrons. The maximum absolute atomic E-state index is 10.9. The minimum atomic E-state index is -0.475. The number of rotatable bonds is 6. The number of nitrogens with zero attached hydrogens (tertiary/aromatic N) is 3. The molecule has 0 radical (unpaired) electrons. The smallest absolute Gasteiger partial charge is 0.331 e. The average molecular weight is 266 g/mol. The summed E-state index contributed by atoms with van der Waals surface area (Å²) in [4.78, 5) is 16.8. The molecule has 0 spiro atoms. The lowest BCUT2D eigenvalue weighted by Gasteiger charge is -2.14. The Morgan fingerprint density at radius 1 is 1.47 bits per heavy atom. The summed E-state index contributed by atoms with van der Waals surface area (Å²) in [6.07, 6.45) is 2.43. The van der Waals surface area contributed by atoms with Gasteiger partial charge in [-0.3, -0.25) is 15.0 Å². The van der Waals surface area contributed by atoms with Gasteiger partial charge in [-0.05, 0) is 32.0 Å². The molecule has 1 aromatic heterocycles. The molecule has 0 aliphatic carbocycles. The zero-order valence-electron chi connectivity index (χ0n) is 11.0. The van der Waals surface area contributed by atoms with Gasteiger partial charge in [-0.25, -0.2) is 0 Å². The minimum Gasteiger partial charge on any atom is -0.471 e. The van der Waals surface area contributed by atoms with E-state index in [9.17, 15) is 10.1 Å². The molecule has 0 atom stereocenters. The van der Waals surface area contributed by atoms with Crippen molar-refractivity contribution < 1.29 is 9.66 Å². The Balaban J connectivity index is 1.98. The average Bonchev–Trinajstić information content (AvgIpc) is 2.91. The van der Waals surface area contributed by atoms with Crippen molar-refractivity contribution in [3.8, 4) is 5.88 Å². The van der Waals surface area contributed by atoms with Crippen molar-refractivity contribution in [2.45, 2.75) is 12.8 Å². The van der Waals surface area contributed by atoms with E-state index in [0.717, 1.165) is 19.6 Å². The van der Waals surface area contributed by atoms with Gasteiger partial charge in [-0.15, -0.1) is 0 Å². The van der Waals surface area contributed by atoms with Crippen LogP contribution >= 0.6 is 0 Å². The van der Waals surface area contributed by atoms with Crippen LogP contribution in [0.5, 0.6) is 5.88 Å². The Bertz CT molecular complexity index is 447. The van der Waals surface area contributed by atoms with Gasteiger partial charge >= 0.3 is 5.69 Å². The highest BCUT2D eigenvalue weighted by Crippen LogP contribution is 2.26. The number of hydrogen-bond acceptors (Lipinski definition) is 6. The highest BCUT2D eigenvalue weighted by atomic mass is 16.6.